The summed E-state index contributed by atoms with van der Waals surface area (Å²) in [7, 11) is 3.27. The number of pyridine rings is 1. The van der Waals surface area contributed by atoms with Crippen LogP contribution in [0.2, 0.25) is 0 Å². The van der Waals surface area contributed by atoms with Gasteiger partial charge in [0.25, 0.3) is 0 Å². The minimum Gasteiger partial charge on any atom is -0.493 e. The van der Waals surface area contributed by atoms with E-state index >= 15 is 0 Å². The number of aryl methyl sites for hydroxylation is 1. The molecule has 1 saturated heterocycles. The van der Waals surface area contributed by atoms with E-state index in [0.717, 1.165) is 37.3 Å². The summed E-state index contributed by atoms with van der Waals surface area (Å²) in [5.74, 6) is 8.84. The SMILES string of the molecule is COc1cccc(C#CC=C2CCN(c3ncccc3C)CC2)c1OC. The fourth-order valence-electron chi connectivity index (χ4n) is 3.16. The van der Waals surface area contributed by atoms with Crippen LogP contribution in [-0.4, -0.2) is 32.3 Å². The number of para-hydroxylation sites is 1. The summed E-state index contributed by atoms with van der Waals surface area (Å²) in [4.78, 5) is 6.87. The summed E-state index contributed by atoms with van der Waals surface area (Å²) in [6, 6.07) is 9.83. The van der Waals surface area contributed by atoms with E-state index in [2.05, 4.69) is 34.7 Å². The monoisotopic (exact) mass is 348 g/mol. The molecule has 4 nitrogen and oxygen atoms in total. The molecule has 0 spiro atoms. The van der Waals surface area contributed by atoms with Crippen molar-refractivity contribution in [2.45, 2.75) is 19.8 Å². The molecule has 1 fully saturated rings. The van der Waals surface area contributed by atoms with Gasteiger partial charge < -0.3 is 14.4 Å². The van der Waals surface area contributed by atoms with E-state index in [0.29, 0.717) is 11.5 Å². The molecule has 0 aliphatic carbocycles. The molecule has 26 heavy (non-hydrogen) atoms. The van der Waals surface area contributed by atoms with Crippen molar-refractivity contribution >= 4 is 5.82 Å². The Morgan fingerprint density at radius 2 is 1.88 bits per heavy atom. The molecule has 0 bridgehead atoms. The first-order valence-electron chi connectivity index (χ1n) is 8.80. The second-order valence-corrected chi connectivity index (χ2v) is 6.24. The highest BCUT2D eigenvalue weighted by Crippen LogP contribution is 2.30. The lowest BCUT2D eigenvalue weighted by molar-refractivity contribution is 0.354. The second kappa shape index (κ2) is 8.44. The van der Waals surface area contributed by atoms with Crippen LogP contribution in [0.25, 0.3) is 0 Å². The maximum atomic E-state index is 5.42. The maximum absolute atomic E-state index is 5.42. The third-order valence-corrected chi connectivity index (χ3v) is 4.57. The molecule has 0 atom stereocenters. The van der Waals surface area contributed by atoms with Gasteiger partial charge in [-0.3, -0.25) is 0 Å². The summed E-state index contributed by atoms with van der Waals surface area (Å²) in [5.41, 5.74) is 3.44. The molecule has 1 aromatic carbocycles. The van der Waals surface area contributed by atoms with Crippen molar-refractivity contribution in [1.82, 2.24) is 4.98 Å². The smallest absolute Gasteiger partial charge is 0.176 e. The van der Waals surface area contributed by atoms with Gasteiger partial charge in [-0.05, 0) is 49.6 Å². The molecule has 0 radical (unpaired) electrons. The second-order valence-electron chi connectivity index (χ2n) is 6.24. The number of benzene rings is 1. The quantitative estimate of drug-likeness (QED) is 0.786. The molecule has 1 aliphatic heterocycles. The first kappa shape index (κ1) is 17.9. The fraction of sp³-hybridized carbons (Fsp3) is 0.318. The third-order valence-electron chi connectivity index (χ3n) is 4.57. The van der Waals surface area contributed by atoms with Gasteiger partial charge in [-0.15, -0.1) is 0 Å². The van der Waals surface area contributed by atoms with Crippen LogP contribution >= 0.6 is 0 Å². The standard InChI is InChI=1S/C22H24N2O2/c1-17-7-6-14-23-22(17)24-15-12-18(13-16-24)8-4-9-19-10-5-11-20(25-2)21(19)26-3/h5-8,10-11,14H,12-13,15-16H2,1-3H3. The topological polar surface area (TPSA) is 34.6 Å². The summed E-state index contributed by atoms with van der Waals surface area (Å²) >= 11 is 0. The third kappa shape index (κ3) is 4.00. The Kier molecular flexibility index (Phi) is 5.80. The first-order chi connectivity index (χ1) is 12.7. The number of piperidine rings is 1. The molecular weight excluding hydrogens is 324 g/mol. The van der Waals surface area contributed by atoms with Crippen LogP contribution < -0.4 is 14.4 Å². The highest BCUT2D eigenvalue weighted by molar-refractivity contribution is 5.55. The summed E-state index contributed by atoms with van der Waals surface area (Å²) in [6.45, 7) is 4.07. The van der Waals surface area contributed by atoms with E-state index in [9.17, 15) is 0 Å². The predicted molar refractivity (Wildman–Crippen MR) is 105 cm³/mol. The highest BCUT2D eigenvalue weighted by atomic mass is 16.5. The number of nitrogens with zero attached hydrogens (tertiary/aromatic N) is 2. The van der Waals surface area contributed by atoms with E-state index in [4.69, 9.17) is 9.47 Å². The lowest BCUT2D eigenvalue weighted by Crippen LogP contribution is -2.31. The number of allylic oxidation sites excluding steroid dienone is 1. The largest absolute Gasteiger partial charge is 0.493 e. The average Bonchev–Trinajstić information content (AvgIpc) is 2.68. The van der Waals surface area contributed by atoms with E-state index < -0.39 is 0 Å². The molecule has 1 aromatic heterocycles. The number of hydrogen-bond acceptors (Lipinski definition) is 4. The Hall–Kier alpha value is -2.93. The van der Waals surface area contributed by atoms with Crippen LogP contribution in [-0.2, 0) is 0 Å². The van der Waals surface area contributed by atoms with Gasteiger partial charge in [0, 0.05) is 19.3 Å². The van der Waals surface area contributed by atoms with Crippen molar-refractivity contribution in [3.8, 4) is 23.3 Å². The number of hydrogen-bond donors (Lipinski definition) is 0. The molecule has 0 saturated carbocycles. The predicted octanol–water partition coefficient (Wildman–Crippen LogP) is 3.99. The molecule has 2 heterocycles. The van der Waals surface area contributed by atoms with Gasteiger partial charge in [-0.1, -0.05) is 29.5 Å². The van der Waals surface area contributed by atoms with Gasteiger partial charge in [0.1, 0.15) is 5.82 Å². The zero-order valence-electron chi connectivity index (χ0n) is 15.6. The molecule has 1 aliphatic rings. The Bertz CT molecular complexity index is 852. The number of methoxy groups -OCH3 is 2. The zero-order chi connectivity index (χ0) is 18.4. The number of anilines is 1. The molecule has 2 aromatic rings. The normalized spacial score (nSPS) is 13.7. The van der Waals surface area contributed by atoms with Crippen molar-refractivity contribution in [2.75, 3.05) is 32.2 Å². The lowest BCUT2D eigenvalue weighted by atomic mass is 10.0. The molecule has 0 unspecified atom stereocenters. The molecule has 0 amide bonds. The van der Waals surface area contributed by atoms with Crippen molar-refractivity contribution < 1.29 is 9.47 Å². The number of rotatable bonds is 3. The van der Waals surface area contributed by atoms with Crippen LogP contribution in [0.3, 0.4) is 0 Å². The van der Waals surface area contributed by atoms with Crippen molar-refractivity contribution in [3.05, 3.63) is 59.3 Å². The Labute approximate surface area is 155 Å². The molecule has 4 heteroatoms. The van der Waals surface area contributed by atoms with Gasteiger partial charge in [-0.2, -0.15) is 0 Å². The van der Waals surface area contributed by atoms with E-state index in [1.54, 1.807) is 14.2 Å². The zero-order valence-corrected chi connectivity index (χ0v) is 15.6. The van der Waals surface area contributed by atoms with Crippen LogP contribution in [0.4, 0.5) is 5.82 Å². The number of ether oxygens (including phenoxy) is 2. The maximum Gasteiger partial charge on any atom is 0.176 e. The van der Waals surface area contributed by atoms with Gasteiger partial charge in [0.05, 0.1) is 19.8 Å². The Morgan fingerprint density at radius 3 is 2.58 bits per heavy atom. The van der Waals surface area contributed by atoms with Crippen LogP contribution in [0, 0.1) is 18.8 Å². The van der Waals surface area contributed by atoms with Crippen LogP contribution in [0.5, 0.6) is 11.5 Å². The summed E-state index contributed by atoms with van der Waals surface area (Å²) < 4.78 is 10.7. The molecular formula is C22H24N2O2. The van der Waals surface area contributed by atoms with E-state index in [-0.39, 0.29) is 0 Å². The molecule has 3 rings (SSSR count). The van der Waals surface area contributed by atoms with Gasteiger partial charge in [0.15, 0.2) is 11.5 Å². The minimum atomic E-state index is 0.682. The summed E-state index contributed by atoms with van der Waals surface area (Å²) in [5, 5.41) is 0. The van der Waals surface area contributed by atoms with E-state index in [1.807, 2.05) is 36.5 Å². The lowest BCUT2D eigenvalue weighted by Gasteiger charge is -2.30. The molecule has 0 N–H and O–H groups in total. The van der Waals surface area contributed by atoms with Crippen molar-refractivity contribution in [1.29, 1.82) is 0 Å². The average molecular weight is 348 g/mol. The minimum absolute atomic E-state index is 0.682. The van der Waals surface area contributed by atoms with Crippen LogP contribution in [0.15, 0.2) is 48.2 Å². The van der Waals surface area contributed by atoms with E-state index in [1.165, 1.54) is 11.1 Å². The Balaban J connectivity index is 1.68. The Morgan fingerprint density at radius 1 is 1.08 bits per heavy atom. The van der Waals surface area contributed by atoms with Gasteiger partial charge in [-0.25, -0.2) is 4.98 Å². The van der Waals surface area contributed by atoms with Crippen LogP contribution in [0.1, 0.15) is 24.0 Å². The number of aromatic nitrogens is 1. The molecule has 134 valence electrons. The van der Waals surface area contributed by atoms with Crippen molar-refractivity contribution in [2.24, 2.45) is 0 Å². The van der Waals surface area contributed by atoms with Crippen molar-refractivity contribution in [3.63, 3.8) is 0 Å². The highest BCUT2D eigenvalue weighted by Gasteiger charge is 2.16. The van der Waals surface area contributed by atoms with Gasteiger partial charge in [0.2, 0.25) is 0 Å². The fourth-order valence-corrected chi connectivity index (χ4v) is 3.16. The first-order valence-corrected chi connectivity index (χ1v) is 8.80. The van der Waals surface area contributed by atoms with Gasteiger partial charge >= 0.3 is 0 Å². The summed E-state index contributed by atoms with van der Waals surface area (Å²) in [6.07, 6.45) is 5.93.